The first kappa shape index (κ1) is 14.3. The summed E-state index contributed by atoms with van der Waals surface area (Å²) in [7, 11) is 0. The minimum atomic E-state index is -0.730. The Kier molecular flexibility index (Phi) is 3.70. The fourth-order valence-electron chi connectivity index (χ4n) is 1.91. The highest BCUT2D eigenvalue weighted by atomic mass is 16.6. The van der Waals surface area contributed by atoms with E-state index >= 15 is 0 Å². The van der Waals surface area contributed by atoms with Crippen molar-refractivity contribution in [3.8, 4) is 11.5 Å². The number of hydrogen-bond acceptors (Lipinski definition) is 6. The first-order valence-corrected chi connectivity index (χ1v) is 5.81. The van der Waals surface area contributed by atoms with E-state index in [0.29, 0.717) is 5.56 Å². The third-order valence-electron chi connectivity index (χ3n) is 2.93. The van der Waals surface area contributed by atoms with Crippen molar-refractivity contribution in [1.82, 2.24) is 0 Å². The Morgan fingerprint density at radius 1 is 0.952 bits per heavy atom. The van der Waals surface area contributed by atoms with E-state index in [1.54, 1.807) is 0 Å². The van der Waals surface area contributed by atoms with Gasteiger partial charge in [0.2, 0.25) is 0 Å². The molecule has 0 unspecified atom stereocenters. The molecule has 0 aliphatic rings. The predicted octanol–water partition coefficient (Wildman–Crippen LogP) is 2.51. The lowest BCUT2D eigenvalue weighted by molar-refractivity contribution is -0.386. The molecule has 0 saturated heterocycles. The number of rotatable bonds is 4. The van der Waals surface area contributed by atoms with E-state index in [9.17, 15) is 30.4 Å². The molecule has 0 atom stereocenters. The maximum absolute atomic E-state index is 10.7. The number of phenolic OH excluding ortho intramolecular Hbond substituents is 2. The van der Waals surface area contributed by atoms with Crippen LogP contribution in [0.1, 0.15) is 11.1 Å². The van der Waals surface area contributed by atoms with Gasteiger partial charge in [-0.25, -0.2) is 0 Å². The zero-order valence-electron chi connectivity index (χ0n) is 10.6. The molecule has 0 fully saturated rings. The fourth-order valence-corrected chi connectivity index (χ4v) is 1.91. The number of nitro benzene ring substituents is 2. The summed E-state index contributed by atoms with van der Waals surface area (Å²) >= 11 is 0. The van der Waals surface area contributed by atoms with Gasteiger partial charge in [0, 0.05) is 24.1 Å². The Hall–Kier alpha value is -3.16. The summed E-state index contributed by atoms with van der Waals surface area (Å²) in [5, 5.41) is 40.7. The third-order valence-corrected chi connectivity index (χ3v) is 2.93. The number of benzene rings is 2. The number of aromatic hydroxyl groups is 2. The normalized spacial score (nSPS) is 10.3. The summed E-state index contributed by atoms with van der Waals surface area (Å²) < 4.78 is 0. The average Bonchev–Trinajstić information content (AvgIpc) is 2.42. The predicted molar refractivity (Wildman–Crippen MR) is 72.3 cm³/mol. The van der Waals surface area contributed by atoms with E-state index < -0.39 is 32.7 Å². The first-order valence-electron chi connectivity index (χ1n) is 5.81. The number of para-hydroxylation sites is 1. The Bertz CT molecular complexity index is 729. The Morgan fingerprint density at radius 3 is 2.24 bits per heavy atom. The summed E-state index contributed by atoms with van der Waals surface area (Å²) in [6.45, 7) is 0. The van der Waals surface area contributed by atoms with Crippen LogP contribution in [0.15, 0.2) is 36.4 Å². The topological polar surface area (TPSA) is 127 Å². The molecule has 108 valence electrons. The Balaban J connectivity index is 2.39. The van der Waals surface area contributed by atoms with Crippen molar-refractivity contribution in [1.29, 1.82) is 0 Å². The number of hydrogen-bond donors (Lipinski definition) is 2. The average molecular weight is 290 g/mol. The third kappa shape index (κ3) is 2.89. The van der Waals surface area contributed by atoms with Gasteiger partial charge < -0.3 is 10.2 Å². The Labute approximate surface area is 118 Å². The fraction of sp³-hybridized carbons (Fsp3) is 0.0769. The molecular formula is C13H10N2O6. The number of nitro groups is 2. The summed E-state index contributed by atoms with van der Waals surface area (Å²) in [6.07, 6.45) is 0.0641. The molecule has 2 aromatic carbocycles. The summed E-state index contributed by atoms with van der Waals surface area (Å²) in [6, 6.07) is 7.84. The van der Waals surface area contributed by atoms with E-state index in [4.69, 9.17) is 0 Å². The van der Waals surface area contributed by atoms with Crippen LogP contribution in [0.5, 0.6) is 11.5 Å². The second kappa shape index (κ2) is 5.45. The van der Waals surface area contributed by atoms with Crippen molar-refractivity contribution >= 4 is 11.4 Å². The molecule has 0 spiro atoms. The van der Waals surface area contributed by atoms with Crippen molar-refractivity contribution in [3.05, 3.63) is 67.8 Å². The van der Waals surface area contributed by atoms with Crippen molar-refractivity contribution < 1.29 is 20.1 Å². The van der Waals surface area contributed by atoms with E-state index in [1.165, 1.54) is 24.3 Å². The van der Waals surface area contributed by atoms with Gasteiger partial charge in [-0.3, -0.25) is 20.2 Å². The molecule has 0 heterocycles. The molecule has 2 N–H and O–H groups in total. The highest BCUT2D eigenvalue weighted by Gasteiger charge is 2.18. The standard InChI is InChI=1S/C13H10N2O6/c16-12-5-4-8(7-11(12)15(20)21)6-9-2-1-3-10(13(9)17)14(18)19/h1-5,7,16-17H,6H2. The van der Waals surface area contributed by atoms with Crippen LogP contribution < -0.4 is 0 Å². The first-order chi connectivity index (χ1) is 9.90. The monoisotopic (exact) mass is 290 g/mol. The molecule has 0 radical (unpaired) electrons. The quantitative estimate of drug-likeness (QED) is 0.657. The van der Waals surface area contributed by atoms with Crippen molar-refractivity contribution in [2.75, 3.05) is 0 Å². The van der Waals surface area contributed by atoms with Gasteiger partial charge in [0.25, 0.3) is 0 Å². The molecule has 0 bridgehead atoms. The molecule has 0 amide bonds. The molecule has 0 aromatic heterocycles. The maximum Gasteiger partial charge on any atom is 0.310 e. The van der Waals surface area contributed by atoms with Crippen LogP contribution in [0.4, 0.5) is 11.4 Å². The SMILES string of the molecule is O=[N+]([O-])c1cc(Cc2cccc([N+](=O)[O-])c2O)ccc1O. The second-order valence-electron chi connectivity index (χ2n) is 4.30. The van der Waals surface area contributed by atoms with Crippen LogP contribution >= 0.6 is 0 Å². The maximum atomic E-state index is 10.7. The lowest BCUT2D eigenvalue weighted by Crippen LogP contribution is -1.95. The molecule has 2 aromatic rings. The summed E-state index contributed by atoms with van der Waals surface area (Å²) in [4.78, 5) is 20.0. The summed E-state index contributed by atoms with van der Waals surface area (Å²) in [5.74, 6) is -0.940. The zero-order valence-corrected chi connectivity index (χ0v) is 10.6. The molecule has 8 heteroatoms. The largest absolute Gasteiger partial charge is 0.502 e. The van der Waals surface area contributed by atoms with Gasteiger partial charge in [0.05, 0.1) is 9.85 Å². The molecule has 2 rings (SSSR count). The smallest absolute Gasteiger partial charge is 0.310 e. The second-order valence-corrected chi connectivity index (χ2v) is 4.30. The highest BCUT2D eigenvalue weighted by molar-refractivity contribution is 5.54. The molecule has 0 saturated carbocycles. The van der Waals surface area contributed by atoms with Gasteiger partial charge in [0.15, 0.2) is 11.5 Å². The lowest BCUT2D eigenvalue weighted by Gasteiger charge is -2.06. The lowest BCUT2D eigenvalue weighted by atomic mass is 10.0. The van der Waals surface area contributed by atoms with Crippen molar-refractivity contribution in [3.63, 3.8) is 0 Å². The Morgan fingerprint density at radius 2 is 1.62 bits per heavy atom. The molecule has 0 aliphatic carbocycles. The van der Waals surface area contributed by atoms with Crippen LogP contribution in [0, 0.1) is 20.2 Å². The van der Waals surface area contributed by atoms with Crippen molar-refractivity contribution in [2.24, 2.45) is 0 Å². The molecule has 0 aliphatic heterocycles. The van der Waals surface area contributed by atoms with Crippen LogP contribution in [0.2, 0.25) is 0 Å². The number of nitrogens with zero attached hydrogens (tertiary/aromatic N) is 2. The highest BCUT2D eigenvalue weighted by Crippen LogP contribution is 2.32. The van der Waals surface area contributed by atoms with Crippen LogP contribution in [-0.2, 0) is 6.42 Å². The van der Waals surface area contributed by atoms with E-state index in [1.807, 2.05) is 0 Å². The van der Waals surface area contributed by atoms with Gasteiger partial charge in [-0.1, -0.05) is 18.2 Å². The minimum Gasteiger partial charge on any atom is -0.502 e. The van der Waals surface area contributed by atoms with Gasteiger partial charge >= 0.3 is 11.4 Å². The molecule has 21 heavy (non-hydrogen) atoms. The zero-order chi connectivity index (χ0) is 15.6. The van der Waals surface area contributed by atoms with Crippen LogP contribution in [0.3, 0.4) is 0 Å². The molecule has 8 nitrogen and oxygen atoms in total. The molecular weight excluding hydrogens is 280 g/mol. The van der Waals surface area contributed by atoms with Crippen molar-refractivity contribution in [2.45, 2.75) is 6.42 Å². The van der Waals surface area contributed by atoms with E-state index in [0.717, 1.165) is 12.1 Å². The van der Waals surface area contributed by atoms with E-state index in [2.05, 4.69) is 0 Å². The van der Waals surface area contributed by atoms with Crippen LogP contribution in [-0.4, -0.2) is 20.1 Å². The van der Waals surface area contributed by atoms with Gasteiger partial charge in [-0.2, -0.15) is 0 Å². The van der Waals surface area contributed by atoms with Gasteiger partial charge in [-0.15, -0.1) is 0 Å². The van der Waals surface area contributed by atoms with Gasteiger partial charge in [-0.05, 0) is 11.6 Å². The van der Waals surface area contributed by atoms with Crippen LogP contribution in [0.25, 0.3) is 0 Å². The van der Waals surface area contributed by atoms with Gasteiger partial charge in [0.1, 0.15) is 0 Å². The number of phenols is 2. The van der Waals surface area contributed by atoms with E-state index in [-0.39, 0.29) is 12.0 Å². The minimum absolute atomic E-state index is 0.0641. The summed E-state index contributed by atoms with van der Waals surface area (Å²) in [5.41, 5.74) is -0.183.